The first-order valence-corrected chi connectivity index (χ1v) is 7.45. The number of nitrogens with zero attached hydrogens (tertiary/aromatic N) is 1. The van der Waals surface area contributed by atoms with Gasteiger partial charge in [0.05, 0.1) is 19.1 Å². The van der Waals surface area contributed by atoms with Gasteiger partial charge in [-0.25, -0.2) is 0 Å². The van der Waals surface area contributed by atoms with E-state index in [1.165, 1.54) is 11.1 Å². The van der Waals surface area contributed by atoms with Crippen LogP contribution >= 0.6 is 12.4 Å². The van der Waals surface area contributed by atoms with Crippen molar-refractivity contribution in [1.29, 1.82) is 0 Å². The smallest absolute Gasteiger partial charge is 0.225 e. The predicted molar refractivity (Wildman–Crippen MR) is 84.7 cm³/mol. The molecule has 4 nitrogen and oxygen atoms in total. The van der Waals surface area contributed by atoms with Crippen LogP contribution in [0, 0.1) is 0 Å². The Morgan fingerprint density at radius 1 is 1.43 bits per heavy atom. The molecule has 0 aromatic heterocycles. The number of amides is 1. The van der Waals surface area contributed by atoms with E-state index in [9.17, 15) is 4.79 Å². The van der Waals surface area contributed by atoms with Gasteiger partial charge in [-0.2, -0.15) is 0 Å². The van der Waals surface area contributed by atoms with Gasteiger partial charge in [0.1, 0.15) is 0 Å². The fourth-order valence-corrected chi connectivity index (χ4v) is 3.13. The summed E-state index contributed by atoms with van der Waals surface area (Å²) in [4.78, 5) is 14.5. The van der Waals surface area contributed by atoms with Crippen LogP contribution in [0.1, 0.15) is 30.6 Å². The Hall–Kier alpha value is -1.10. The van der Waals surface area contributed by atoms with Crippen molar-refractivity contribution in [2.45, 2.75) is 31.9 Å². The molecule has 1 unspecified atom stereocenters. The van der Waals surface area contributed by atoms with Gasteiger partial charge in [-0.3, -0.25) is 4.79 Å². The third-order valence-corrected chi connectivity index (χ3v) is 4.27. The molecule has 0 aliphatic carbocycles. The highest BCUT2D eigenvalue weighted by atomic mass is 35.5. The second-order valence-electron chi connectivity index (χ2n) is 5.65. The lowest BCUT2D eigenvalue weighted by Crippen LogP contribution is -2.52. The monoisotopic (exact) mass is 310 g/mol. The summed E-state index contributed by atoms with van der Waals surface area (Å²) in [6.07, 6.45) is 1.33. The first-order valence-electron chi connectivity index (χ1n) is 7.45. The van der Waals surface area contributed by atoms with E-state index in [1.807, 2.05) is 11.0 Å². The Labute approximate surface area is 132 Å². The van der Waals surface area contributed by atoms with Crippen LogP contribution in [0.15, 0.2) is 24.3 Å². The molecule has 0 spiro atoms. The van der Waals surface area contributed by atoms with E-state index in [0.717, 1.165) is 26.1 Å². The molecular formula is C16H23ClN2O2. The van der Waals surface area contributed by atoms with Gasteiger partial charge in [0.2, 0.25) is 5.91 Å². The van der Waals surface area contributed by atoms with Gasteiger partial charge in [0.15, 0.2) is 0 Å². The molecule has 21 heavy (non-hydrogen) atoms. The normalized spacial score (nSPS) is 24.9. The minimum absolute atomic E-state index is 0. The summed E-state index contributed by atoms with van der Waals surface area (Å²) in [6.45, 7) is 5.38. The van der Waals surface area contributed by atoms with Crippen LogP contribution in [-0.4, -0.2) is 43.1 Å². The molecule has 1 aromatic carbocycles. The summed E-state index contributed by atoms with van der Waals surface area (Å²) in [5.74, 6) is 0.209. The van der Waals surface area contributed by atoms with Crippen LogP contribution in [-0.2, 0) is 16.0 Å². The molecule has 2 aliphatic rings. The van der Waals surface area contributed by atoms with E-state index in [0.29, 0.717) is 13.0 Å². The number of ether oxygens (including phenoxy) is 1. The van der Waals surface area contributed by atoms with Gasteiger partial charge >= 0.3 is 0 Å². The third-order valence-electron chi connectivity index (χ3n) is 4.27. The molecule has 1 saturated heterocycles. The number of fused-ring (bicyclic) bond motifs is 1. The third kappa shape index (κ3) is 3.57. The Morgan fingerprint density at radius 3 is 3.05 bits per heavy atom. The van der Waals surface area contributed by atoms with E-state index in [-0.39, 0.29) is 30.5 Å². The van der Waals surface area contributed by atoms with Crippen LogP contribution in [0.5, 0.6) is 0 Å². The number of carbonyl (C=O) groups is 1. The Balaban J connectivity index is 0.00000161. The summed E-state index contributed by atoms with van der Waals surface area (Å²) < 4.78 is 5.84. The van der Waals surface area contributed by atoms with Crippen LogP contribution in [0.25, 0.3) is 0 Å². The molecule has 3 rings (SSSR count). The topological polar surface area (TPSA) is 41.6 Å². The fraction of sp³-hybridized carbons (Fsp3) is 0.562. The molecule has 1 amide bonds. The number of benzene rings is 1. The number of rotatable bonds is 2. The Kier molecular flexibility index (Phi) is 5.62. The lowest BCUT2D eigenvalue weighted by Gasteiger charge is -2.35. The molecule has 1 aromatic rings. The van der Waals surface area contributed by atoms with Gasteiger partial charge < -0.3 is 15.0 Å². The number of piperazine rings is 1. The summed E-state index contributed by atoms with van der Waals surface area (Å²) >= 11 is 0. The highest BCUT2D eigenvalue weighted by molar-refractivity contribution is 5.85. The molecule has 2 heterocycles. The van der Waals surface area contributed by atoms with E-state index in [1.54, 1.807) is 0 Å². The van der Waals surface area contributed by atoms with Crippen molar-refractivity contribution >= 4 is 18.3 Å². The fourth-order valence-electron chi connectivity index (χ4n) is 3.13. The minimum atomic E-state index is -0.0745. The van der Waals surface area contributed by atoms with Crippen molar-refractivity contribution in [3.8, 4) is 0 Å². The average Bonchev–Trinajstić information content (AvgIpc) is 2.48. The summed E-state index contributed by atoms with van der Waals surface area (Å²) in [5.41, 5.74) is 2.51. The lowest BCUT2D eigenvalue weighted by molar-refractivity contribution is -0.137. The van der Waals surface area contributed by atoms with Crippen molar-refractivity contribution in [2.75, 3.05) is 26.2 Å². The molecule has 0 radical (unpaired) electrons. The van der Waals surface area contributed by atoms with Gasteiger partial charge in [0.25, 0.3) is 0 Å². The Morgan fingerprint density at radius 2 is 2.24 bits per heavy atom. The lowest BCUT2D eigenvalue weighted by atomic mass is 9.95. The van der Waals surface area contributed by atoms with Crippen molar-refractivity contribution in [1.82, 2.24) is 10.2 Å². The first kappa shape index (κ1) is 16.3. The van der Waals surface area contributed by atoms with Crippen molar-refractivity contribution < 1.29 is 9.53 Å². The number of hydrogen-bond acceptors (Lipinski definition) is 3. The van der Waals surface area contributed by atoms with Crippen molar-refractivity contribution in [3.05, 3.63) is 35.4 Å². The minimum Gasteiger partial charge on any atom is -0.373 e. The van der Waals surface area contributed by atoms with Crippen LogP contribution < -0.4 is 5.32 Å². The van der Waals surface area contributed by atoms with Crippen molar-refractivity contribution in [3.63, 3.8) is 0 Å². The van der Waals surface area contributed by atoms with E-state index < -0.39 is 0 Å². The maximum absolute atomic E-state index is 12.5. The highest BCUT2D eigenvalue weighted by Gasteiger charge is 2.28. The molecule has 116 valence electrons. The van der Waals surface area contributed by atoms with E-state index >= 15 is 0 Å². The number of hydrogen-bond donors (Lipinski definition) is 1. The van der Waals surface area contributed by atoms with E-state index in [2.05, 4.69) is 30.4 Å². The summed E-state index contributed by atoms with van der Waals surface area (Å²) in [7, 11) is 0. The SMILES string of the molecule is C[C@@H]1CNCCN1C(=O)CC1OCCc2ccccc21.Cl. The number of carbonyl (C=O) groups excluding carboxylic acids is 1. The Bertz CT molecular complexity index is 495. The number of halogens is 1. The molecular weight excluding hydrogens is 288 g/mol. The molecule has 1 N–H and O–H groups in total. The number of nitrogens with one attached hydrogen (secondary N) is 1. The standard InChI is InChI=1S/C16H22N2O2.ClH/c1-12-11-17-7-8-18(12)16(19)10-15-14-5-3-2-4-13(14)6-9-20-15;/h2-5,12,15,17H,6-11H2,1H3;1H/t12-,15?;/m1./s1. The predicted octanol–water partition coefficient (Wildman–Crippen LogP) is 1.93. The molecule has 0 bridgehead atoms. The second-order valence-corrected chi connectivity index (χ2v) is 5.65. The van der Waals surface area contributed by atoms with Crippen LogP contribution in [0.4, 0.5) is 0 Å². The average molecular weight is 311 g/mol. The molecule has 0 saturated carbocycles. The largest absolute Gasteiger partial charge is 0.373 e. The zero-order valence-corrected chi connectivity index (χ0v) is 13.2. The molecule has 2 atom stereocenters. The van der Waals surface area contributed by atoms with Gasteiger partial charge in [0, 0.05) is 25.7 Å². The quantitative estimate of drug-likeness (QED) is 0.907. The van der Waals surface area contributed by atoms with E-state index in [4.69, 9.17) is 4.74 Å². The van der Waals surface area contributed by atoms with Crippen LogP contribution in [0.2, 0.25) is 0 Å². The highest BCUT2D eigenvalue weighted by Crippen LogP contribution is 2.30. The summed E-state index contributed by atoms with van der Waals surface area (Å²) in [5, 5.41) is 3.31. The molecule has 1 fully saturated rings. The van der Waals surface area contributed by atoms with Crippen LogP contribution in [0.3, 0.4) is 0 Å². The summed E-state index contributed by atoms with van der Waals surface area (Å²) in [6, 6.07) is 8.59. The first-order chi connectivity index (χ1) is 9.75. The van der Waals surface area contributed by atoms with Gasteiger partial charge in [-0.15, -0.1) is 12.4 Å². The zero-order valence-electron chi connectivity index (χ0n) is 12.4. The zero-order chi connectivity index (χ0) is 13.9. The second kappa shape index (κ2) is 7.25. The molecule has 5 heteroatoms. The van der Waals surface area contributed by atoms with Gasteiger partial charge in [-0.05, 0) is 24.5 Å². The van der Waals surface area contributed by atoms with Crippen molar-refractivity contribution in [2.24, 2.45) is 0 Å². The maximum atomic E-state index is 12.5. The molecule has 2 aliphatic heterocycles. The van der Waals surface area contributed by atoms with Gasteiger partial charge in [-0.1, -0.05) is 24.3 Å². The maximum Gasteiger partial charge on any atom is 0.225 e.